The fourth-order valence-corrected chi connectivity index (χ4v) is 2.51. The molecule has 1 atom stereocenters. The summed E-state index contributed by atoms with van der Waals surface area (Å²) in [5.41, 5.74) is 4.33. The van der Waals surface area contributed by atoms with Crippen LogP contribution in [0.4, 0.5) is 0 Å². The number of hydrogen-bond acceptors (Lipinski definition) is 2. The quantitative estimate of drug-likeness (QED) is 0.901. The molecule has 1 unspecified atom stereocenters. The van der Waals surface area contributed by atoms with Crippen LogP contribution < -0.4 is 5.43 Å². The van der Waals surface area contributed by atoms with Crippen LogP contribution in [0.5, 0.6) is 0 Å². The maximum atomic E-state index is 11.6. The predicted molar refractivity (Wildman–Crippen MR) is 69.5 cm³/mol. The van der Waals surface area contributed by atoms with Crippen LogP contribution in [0.25, 0.3) is 0 Å². The van der Waals surface area contributed by atoms with Crippen molar-refractivity contribution in [1.82, 2.24) is 5.43 Å². The van der Waals surface area contributed by atoms with E-state index in [9.17, 15) is 4.79 Å². The summed E-state index contributed by atoms with van der Waals surface area (Å²) in [6.45, 7) is 1.98. The molecule has 90 valence electrons. The Kier molecular flexibility index (Phi) is 3.69. The van der Waals surface area contributed by atoms with Gasteiger partial charge < -0.3 is 0 Å². The Morgan fingerprint density at radius 3 is 2.53 bits per heavy atom. The third-order valence-corrected chi connectivity index (χ3v) is 3.19. The van der Waals surface area contributed by atoms with Crippen molar-refractivity contribution in [1.29, 1.82) is 0 Å². The van der Waals surface area contributed by atoms with E-state index in [1.54, 1.807) is 6.07 Å². The zero-order valence-corrected chi connectivity index (χ0v) is 10.8. The van der Waals surface area contributed by atoms with Gasteiger partial charge in [0.15, 0.2) is 0 Å². The second-order valence-corrected chi connectivity index (χ2v) is 4.84. The van der Waals surface area contributed by atoms with Gasteiger partial charge in [0.1, 0.15) is 0 Å². The van der Waals surface area contributed by atoms with Crippen molar-refractivity contribution in [3.8, 4) is 0 Å². The molecular formula is C12H12Cl2N2O. The molecule has 0 fully saturated rings. The molecule has 0 saturated carbocycles. The molecule has 0 aromatic heterocycles. The lowest BCUT2D eigenvalue weighted by Crippen LogP contribution is -2.25. The molecule has 2 rings (SSSR count). The minimum atomic E-state index is -0.200. The van der Waals surface area contributed by atoms with E-state index >= 15 is 0 Å². The van der Waals surface area contributed by atoms with E-state index in [-0.39, 0.29) is 11.8 Å². The topological polar surface area (TPSA) is 41.5 Å². The zero-order valence-electron chi connectivity index (χ0n) is 9.34. The van der Waals surface area contributed by atoms with Crippen molar-refractivity contribution < 1.29 is 4.79 Å². The number of nitrogens with zero attached hydrogens (tertiary/aromatic N) is 1. The first-order chi connectivity index (χ1) is 8.10. The molecule has 1 heterocycles. The van der Waals surface area contributed by atoms with Gasteiger partial charge in [0.2, 0.25) is 5.91 Å². The van der Waals surface area contributed by atoms with Crippen LogP contribution in [-0.4, -0.2) is 11.6 Å². The normalized spacial score (nSPS) is 19.1. The third kappa shape index (κ3) is 2.79. The number of rotatable bonds is 3. The molecule has 1 N–H and O–H groups in total. The van der Waals surface area contributed by atoms with Crippen molar-refractivity contribution in [3.05, 3.63) is 33.8 Å². The van der Waals surface area contributed by atoms with E-state index in [0.29, 0.717) is 16.5 Å². The molecule has 0 bridgehead atoms. The lowest BCUT2D eigenvalue weighted by molar-refractivity contribution is -0.122. The minimum absolute atomic E-state index is 0.0575. The molecule has 1 aromatic rings. The van der Waals surface area contributed by atoms with E-state index < -0.39 is 0 Å². The van der Waals surface area contributed by atoms with Crippen molar-refractivity contribution >= 4 is 34.8 Å². The monoisotopic (exact) mass is 270 g/mol. The maximum Gasteiger partial charge on any atom is 0.249 e. The number of nitrogens with one attached hydrogen (secondary N) is 1. The summed E-state index contributed by atoms with van der Waals surface area (Å²) >= 11 is 11.9. The van der Waals surface area contributed by atoms with Crippen LogP contribution in [0.2, 0.25) is 10.0 Å². The number of hydrogen-bond donors (Lipinski definition) is 1. The van der Waals surface area contributed by atoms with Crippen molar-refractivity contribution in [3.63, 3.8) is 0 Å². The van der Waals surface area contributed by atoms with Gasteiger partial charge in [-0.05, 0) is 36.6 Å². The molecule has 1 aliphatic heterocycles. The third-order valence-electron chi connectivity index (χ3n) is 2.75. The molecule has 0 radical (unpaired) electrons. The van der Waals surface area contributed by atoms with Gasteiger partial charge in [-0.3, -0.25) is 4.79 Å². The van der Waals surface area contributed by atoms with E-state index in [2.05, 4.69) is 10.5 Å². The van der Waals surface area contributed by atoms with Crippen molar-refractivity contribution in [2.75, 3.05) is 0 Å². The van der Waals surface area contributed by atoms with Crippen molar-refractivity contribution in [2.45, 2.75) is 19.8 Å². The van der Waals surface area contributed by atoms with E-state index in [0.717, 1.165) is 17.7 Å². The molecule has 5 heteroatoms. The first-order valence-electron chi connectivity index (χ1n) is 5.41. The second-order valence-electron chi connectivity index (χ2n) is 3.97. The van der Waals surface area contributed by atoms with Gasteiger partial charge in [-0.15, -0.1) is 0 Å². The Labute approximate surface area is 110 Å². The highest BCUT2D eigenvalue weighted by Gasteiger charge is 2.28. The predicted octanol–water partition coefficient (Wildman–Crippen LogP) is 3.05. The highest BCUT2D eigenvalue weighted by molar-refractivity contribution is 6.34. The molecule has 17 heavy (non-hydrogen) atoms. The van der Waals surface area contributed by atoms with E-state index in [1.165, 1.54) is 0 Å². The highest BCUT2D eigenvalue weighted by atomic mass is 35.5. The molecule has 1 aromatic carbocycles. The summed E-state index contributed by atoms with van der Waals surface area (Å²) in [6, 6.07) is 5.33. The summed E-state index contributed by atoms with van der Waals surface area (Å²) in [6.07, 6.45) is 1.34. The number of halogens is 2. The summed E-state index contributed by atoms with van der Waals surface area (Å²) in [4.78, 5) is 11.6. The second kappa shape index (κ2) is 5.07. The zero-order chi connectivity index (χ0) is 12.4. The lowest BCUT2D eigenvalue weighted by atomic mass is 9.93. The van der Waals surface area contributed by atoms with Crippen LogP contribution in [-0.2, 0) is 11.2 Å². The molecule has 0 aliphatic carbocycles. The Morgan fingerprint density at radius 1 is 1.29 bits per heavy atom. The van der Waals surface area contributed by atoms with Crippen LogP contribution in [0.15, 0.2) is 23.3 Å². The summed E-state index contributed by atoms with van der Waals surface area (Å²) in [5.74, 6) is -0.257. The smallest absolute Gasteiger partial charge is 0.249 e. The minimum Gasteiger partial charge on any atom is -0.272 e. The molecular weight excluding hydrogens is 259 g/mol. The van der Waals surface area contributed by atoms with Gasteiger partial charge in [0.05, 0.1) is 11.6 Å². The van der Waals surface area contributed by atoms with Gasteiger partial charge in [-0.1, -0.05) is 30.1 Å². The molecule has 1 amide bonds. The summed E-state index contributed by atoms with van der Waals surface area (Å²) in [7, 11) is 0. The Bertz CT molecular complexity index is 465. The SMILES string of the molecule is CCC1=NNC(=O)C1Cc1cc(Cl)cc(Cl)c1. The first kappa shape index (κ1) is 12.4. The fourth-order valence-electron chi connectivity index (χ4n) is 1.93. The van der Waals surface area contributed by atoms with E-state index in [4.69, 9.17) is 23.2 Å². The number of carbonyl (C=O) groups excluding carboxylic acids is 1. The van der Waals surface area contributed by atoms with Gasteiger partial charge in [0, 0.05) is 10.0 Å². The maximum absolute atomic E-state index is 11.6. The van der Waals surface area contributed by atoms with Gasteiger partial charge in [-0.2, -0.15) is 5.10 Å². The van der Waals surface area contributed by atoms with Crippen LogP contribution in [0, 0.1) is 5.92 Å². The molecule has 3 nitrogen and oxygen atoms in total. The average molecular weight is 271 g/mol. The van der Waals surface area contributed by atoms with Crippen molar-refractivity contribution in [2.24, 2.45) is 11.0 Å². The largest absolute Gasteiger partial charge is 0.272 e. The van der Waals surface area contributed by atoms with Crippen LogP contribution in [0.3, 0.4) is 0 Å². The molecule has 1 aliphatic rings. The van der Waals surface area contributed by atoms with Gasteiger partial charge >= 0.3 is 0 Å². The molecule has 0 saturated heterocycles. The number of amides is 1. The molecule has 0 spiro atoms. The highest BCUT2D eigenvalue weighted by Crippen LogP contribution is 2.23. The van der Waals surface area contributed by atoms with Crippen LogP contribution >= 0.6 is 23.2 Å². The number of carbonyl (C=O) groups is 1. The average Bonchev–Trinajstić information content (AvgIpc) is 2.59. The van der Waals surface area contributed by atoms with Crippen LogP contribution in [0.1, 0.15) is 18.9 Å². The Morgan fingerprint density at radius 2 is 1.94 bits per heavy atom. The lowest BCUT2D eigenvalue weighted by Gasteiger charge is -2.10. The van der Waals surface area contributed by atoms with E-state index in [1.807, 2.05) is 19.1 Å². The standard InChI is InChI=1S/C12H12Cl2N2O/c1-2-11-10(12(17)16-15-11)5-7-3-8(13)6-9(14)4-7/h3-4,6,10H,2,5H2,1H3,(H,16,17). The number of hydrazone groups is 1. The fraction of sp³-hybridized carbons (Fsp3) is 0.333. The van der Waals surface area contributed by atoms with Gasteiger partial charge in [-0.25, -0.2) is 5.43 Å². The Balaban J connectivity index is 2.20. The summed E-state index contributed by atoms with van der Waals surface area (Å²) in [5, 5.41) is 5.18. The summed E-state index contributed by atoms with van der Waals surface area (Å²) < 4.78 is 0. The van der Waals surface area contributed by atoms with Gasteiger partial charge in [0.25, 0.3) is 0 Å². The first-order valence-corrected chi connectivity index (χ1v) is 6.17. The Hall–Kier alpha value is -1.06. The number of benzene rings is 1.